The number of nitrogens with one attached hydrogen (secondary N) is 2. The minimum Gasteiger partial charge on any atom is -0.356 e. The molecule has 2 amide bonds. The molecule has 29 heavy (non-hydrogen) atoms. The number of nitrogens with zero attached hydrogens (tertiary/aromatic N) is 2. The summed E-state index contributed by atoms with van der Waals surface area (Å²) in [7, 11) is 0. The third kappa shape index (κ3) is 6.50. The van der Waals surface area contributed by atoms with E-state index in [1.807, 2.05) is 48.5 Å². The fourth-order valence-corrected chi connectivity index (χ4v) is 3.58. The monoisotopic (exact) mass is 408 g/mol. The maximum absolute atomic E-state index is 12.2. The summed E-state index contributed by atoms with van der Waals surface area (Å²) in [5, 5.41) is 14.9. The quantitative estimate of drug-likeness (QED) is 0.560. The molecule has 0 aliphatic rings. The largest absolute Gasteiger partial charge is 0.356 e. The zero-order valence-electron chi connectivity index (χ0n) is 16.3. The summed E-state index contributed by atoms with van der Waals surface area (Å²) in [6, 6.07) is 19.4. The van der Waals surface area contributed by atoms with E-state index in [1.165, 1.54) is 16.9 Å². The van der Waals surface area contributed by atoms with Gasteiger partial charge in [0.15, 0.2) is 0 Å². The number of carbonyl (C=O) groups excluding carboxylic acids is 2. The van der Waals surface area contributed by atoms with Crippen LogP contribution in [0.3, 0.4) is 0 Å². The van der Waals surface area contributed by atoms with Crippen molar-refractivity contribution >= 4 is 28.8 Å². The summed E-state index contributed by atoms with van der Waals surface area (Å²) in [5.41, 5.74) is 1.93. The van der Waals surface area contributed by atoms with Gasteiger partial charge in [-0.3, -0.25) is 9.59 Å². The van der Waals surface area contributed by atoms with Crippen molar-refractivity contribution in [1.29, 1.82) is 0 Å². The number of hydrogen-bond acceptors (Lipinski definition) is 5. The third-order valence-electron chi connectivity index (χ3n) is 4.46. The highest BCUT2D eigenvalue weighted by Gasteiger charge is 2.13. The predicted molar refractivity (Wildman–Crippen MR) is 115 cm³/mol. The Kier molecular flexibility index (Phi) is 7.47. The molecule has 7 heteroatoms. The highest BCUT2D eigenvalue weighted by Crippen LogP contribution is 2.16. The molecule has 3 rings (SSSR count). The molecule has 2 N–H and O–H groups in total. The van der Waals surface area contributed by atoms with Gasteiger partial charge in [0, 0.05) is 25.1 Å². The van der Waals surface area contributed by atoms with E-state index in [4.69, 9.17) is 0 Å². The van der Waals surface area contributed by atoms with Crippen molar-refractivity contribution in [2.24, 2.45) is 0 Å². The number of rotatable bonds is 9. The molecule has 0 spiro atoms. The van der Waals surface area contributed by atoms with Gasteiger partial charge in [-0.05, 0) is 30.0 Å². The van der Waals surface area contributed by atoms with Crippen LogP contribution in [0.5, 0.6) is 0 Å². The van der Waals surface area contributed by atoms with Crippen LogP contribution in [0.25, 0.3) is 0 Å². The van der Waals surface area contributed by atoms with Crippen LogP contribution in [-0.4, -0.2) is 28.6 Å². The van der Waals surface area contributed by atoms with E-state index >= 15 is 0 Å². The number of amides is 2. The van der Waals surface area contributed by atoms with Crippen molar-refractivity contribution < 1.29 is 9.59 Å². The Morgan fingerprint density at radius 1 is 1.00 bits per heavy atom. The van der Waals surface area contributed by atoms with Crippen molar-refractivity contribution in [2.45, 2.75) is 32.1 Å². The molecule has 0 aliphatic heterocycles. The minimum absolute atomic E-state index is 0.0272. The van der Waals surface area contributed by atoms with Crippen molar-refractivity contribution in [3.63, 3.8) is 0 Å². The lowest BCUT2D eigenvalue weighted by Gasteiger charge is -2.12. The molecule has 0 saturated heterocycles. The van der Waals surface area contributed by atoms with Crippen molar-refractivity contribution in [2.75, 3.05) is 11.9 Å². The van der Waals surface area contributed by atoms with E-state index in [0.29, 0.717) is 30.8 Å². The molecule has 1 aromatic heterocycles. The van der Waals surface area contributed by atoms with Gasteiger partial charge in [-0.1, -0.05) is 66.8 Å². The molecule has 150 valence electrons. The summed E-state index contributed by atoms with van der Waals surface area (Å²) in [6.45, 7) is 2.71. The SMILES string of the molecule is CC(CNC(=O)CCCc1nnc(C(=O)Nc2ccccc2)s1)c1ccccc1. The van der Waals surface area contributed by atoms with E-state index < -0.39 is 0 Å². The Balaban J connectivity index is 1.38. The number of para-hydroxylation sites is 1. The van der Waals surface area contributed by atoms with Gasteiger partial charge in [0.1, 0.15) is 5.01 Å². The maximum Gasteiger partial charge on any atom is 0.286 e. The highest BCUT2D eigenvalue weighted by molar-refractivity contribution is 7.13. The predicted octanol–water partition coefficient (Wildman–Crippen LogP) is 4.03. The first-order chi connectivity index (χ1) is 14.1. The van der Waals surface area contributed by atoms with Gasteiger partial charge in [0.2, 0.25) is 10.9 Å². The number of aromatic nitrogens is 2. The summed E-state index contributed by atoms with van der Waals surface area (Å²) < 4.78 is 0. The molecule has 1 heterocycles. The molecule has 1 unspecified atom stereocenters. The topological polar surface area (TPSA) is 84.0 Å². The van der Waals surface area contributed by atoms with Gasteiger partial charge < -0.3 is 10.6 Å². The normalized spacial score (nSPS) is 11.6. The first-order valence-electron chi connectivity index (χ1n) is 9.62. The Morgan fingerprint density at radius 2 is 1.69 bits per heavy atom. The van der Waals surface area contributed by atoms with E-state index in [9.17, 15) is 9.59 Å². The molecule has 6 nitrogen and oxygen atoms in total. The molecular formula is C22H24N4O2S. The van der Waals surface area contributed by atoms with Crippen LogP contribution in [0.2, 0.25) is 0 Å². The standard InChI is InChI=1S/C22H24N4O2S/c1-16(17-9-4-2-5-10-17)15-23-19(27)13-8-14-20-25-26-22(29-20)21(28)24-18-11-6-3-7-12-18/h2-7,9-12,16H,8,13-15H2,1H3,(H,23,27)(H,24,28). The second-order valence-corrected chi connectivity index (χ2v) is 7.85. The van der Waals surface area contributed by atoms with Gasteiger partial charge in [-0.25, -0.2) is 0 Å². The molecule has 3 aromatic rings. The van der Waals surface area contributed by atoms with Gasteiger partial charge in [-0.2, -0.15) is 0 Å². The number of anilines is 1. The third-order valence-corrected chi connectivity index (χ3v) is 5.44. The molecule has 0 radical (unpaired) electrons. The van der Waals surface area contributed by atoms with Gasteiger partial charge >= 0.3 is 0 Å². The fourth-order valence-electron chi connectivity index (χ4n) is 2.81. The van der Waals surface area contributed by atoms with Crippen molar-refractivity contribution in [3.8, 4) is 0 Å². The molecular weight excluding hydrogens is 384 g/mol. The first kappa shape index (κ1) is 20.7. The Bertz CT molecular complexity index is 928. The zero-order valence-corrected chi connectivity index (χ0v) is 17.1. The van der Waals surface area contributed by atoms with Crippen LogP contribution in [-0.2, 0) is 11.2 Å². The lowest BCUT2D eigenvalue weighted by Crippen LogP contribution is -2.27. The lowest BCUT2D eigenvalue weighted by atomic mass is 10.0. The second-order valence-electron chi connectivity index (χ2n) is 6.79. The Hall–Kier alpha value is -3.06. The Labute approximate surface area is 174 Å². The van der Waals surface area contributed by atoms with Crippen LogP contribution >= 0.6 is 11.3 Å². The second kappa shape index (κ2) is 10.5. The fraction of sp³-hybridized carbons (Fsp3) is 0.273. The van der Waals surface area contributed by atoms with Gasteiger partial charge in [-0.15, -0.1) is 10.2 Å². The summed E-state index contributed by atoms with van der Waals surface area (Å²) >= 11 is 1.26. The molecule has 0 bridgehead atoms. The summed E-state index contributed by atoms with van der Waals surface area (Å²) in [4.78, 5) is 24.3. The lowest BCUT2D eigenvalue weighted by molar-refractivity contribution is -0.121. The molecule has 0 saturated carbocycles. The van der Waals surface area contributed by atoms with Crippen molar-refractivity contribution in [1.82, 2.24) is 15.5 Å². The van der Waals surface area contributed by atoms with E-state index in [1.54, 1.807) is 0 Å². The summed E-state index contributed by atoms with van der Waals surface area (Å²) in [6.07, 6.45) is 1.71. The van der Waals surface area contributed by atoms with Crippen LogP contribution < -0.4 is 10.6 Å². The summed E-state index contributed by atoms with van der Waals surface area (Å²) in [5.74, 6) is 0.0286. The van der Waals surface area contributed by atoms with Crippen LogP contribution in [0.4, 0.5) is 5.69 Å². The van der Waals surface area contributed by atoms with Crippen LogP contribution in [0, 0.1) is 0 Å². The zero-order chi connectivity index (χ0) is 20.5. The molecule has 0 fully saturated rings. The van der Waals surface area contributed by atoms with Crippen LogP contribution in [0.15, 0.2) is 60.7 Å². The Morgan fingerprint density at radius 3 is 2.41 bits per heavy atom. The van der Waals surface area contributed by atoms with E-state index in [2.05, 4.69) is 39.9 Å². The van der Waals surface area contributed by atoms with E-state index in [-0.39, 0.29) is 17.7 Å². The minimum atomic E-state index is -0.271. The number of aryl methyl sites for hydroxylation is 1. The average Bonchev–Trinajstić information content (AvgIpc) is 3.22. The number of benzene rings is 2. The molecule has 2 aromatic carbocycles. The highest BCUT2D eigenvalue weighted by atomic mass is 32.1. The van der Waals surface area contributed by atoms with Gasteiger partial charge in [0.05, 0.1) is 0 Å². The number of carbonyl (C=O) groups is 2. The maximum atomic E-state index is 12.2. The van der Waals surface area contributed by atoms with Crippen LogP contribution in [0.1, 0.15) is 46.1 Å². The number of hydrogen-bond donors (Lipinski definition) is 2. The average molecular weight is 409 g/mol. The van der Waals surface area contributed by atoms with Gasteiger partial charge in [0.25, 0.3) is 5.91 Å². The smallest absolute Gasteiger partial charge is 0.286 e. The molecule has 0 aliphatic carbocycles. The van der Waals surface area contributed by atoms with E-state index in [0.717, 1.165) is 10.7 Å². The van der Waals surface area contributed by atoms with Crippen molar-refractivity contribution in [3.05, 3.63) is 76.2 Å². The first-order valence-corrected chi connectivity index (χ1v) is 10.4. The molecule has 1 atom stereocenters.